The van der Waals surface area contributed by atoms with Crippen LogP contribution in [0.5, 0.6) is 0 Å². The maximum Gasteiger partial charge on any atom is 0.261 e. The van der Waals surface area contributed by atoms with Crippen molar-refractivity contribution in [2.24, 2.45) is 0 Å². The van der Waals surface area contributed by atoms with Crippen molar-refractivity contribution in [3.63, 3.8) is 0 Å². The van der Waals surface area contributed by atoms with Crippen LogP contribution in [0.1, 0.15) is 42.4 Å². The van der Waals surface area contributed by atoms with Gasteiger partial charge in [-0.2, -0.15) is 0 Å². The molecule has 0 unspecified atom stereocenters. The number of ketones is 1. The van der Waals surface area contributed by atoms with Gasteiger partial charge in [0.15, 0.2) is 9.84 Å². The normalized spacial score (nSPS) is 12.4. The molecule has 0 aliphatic heterocycles. The van der Waals surface area contributed by atoms with E-state index in [0.717, 1.165) is 11.8 Å². The first-order valence-electron chi connectivity index (χ1n) is 9.83. The average molecular weight is 507 g/mol. The highest BCUT2D eigenvalue weighted by atomic mass is 35.5. The molecule has 0 aliphatic rings. The molecule has 0 amide bonds. The second-order valence-corrected chi connectivity index (χ2v) is 12.6. The minimum absolute atomic E-state index is 0.00888. The summed E-state index contributed by atoms with van der Waals surface area (Å²) in [5.41, 5.74) is 0.254. The number of aromatic nitrogens is 1. The minimum atomic E-state index is -4.09. The largest absolute Gasteiger partial charge is 0.287 e. The van der Waals surface area contributed by atoms with E-state index in [1.807, 2.05) is 20.8 Å². The predicted octanol–water partition coefficient (Wildman–Crippen LogP) is 4.47. The topological polar surface area (TPSA) is 110 Å². The van der Waals surface area contributed by atoms with Gasteiger partial charge >= 0.3 is 0 Å². The smallest absolute Gasteiger partial charge is 0.261 e. The maximum atomic E-state index is 13.2. The van der Waals surface area contributed by atoms with Gasteiger partial charge in [0, 0.05) is 18.0 Å². The Balaban J connectivity index is 2.05. The molecular weight excluding hydrogens is 484 g/mol. The second-order valence-electron chi connectivity index (χ2n) is 8.53. The molecule has 174 valence electrons. The summed E-state index contributed by atoms with van der Waals surface area (Å²) in [6.07, 6.45) is 2.17. The van der Waals surface area contributed by atoms with E-state index in [1.54, 1.807) is 12.1 Å². The van der Waals surface area contributed by atoms with Crippen molar-refractivity contribution in [2.45, 2.75) is 36.0 Å². The van der Waals surface area contributed by atoms with Crippen molar-refractivity contribution < 1.29 is 21.6 Å². The van der Waals surface area contributed by atoms with E-state index in [-0.39, 0.29) is 37.2 Å². The standard InChI is InChI=1S/C23H23ClN2O5S2/c1-23(2,3)15-9-11-17(12-10-15)33(30,31)26-19-13-16(24)14-25-21(19)22(27)18-7-5-6-8-20(18)32(4,28)29/h5-14,26H,1-4H3. The van der Waals surface area contributed by atoms with Gasteiger partial charge in [0.25, 0.3) is 10.0 Å². The van der Waals surface area contributed by atoms with Gasteiger partial charge in [-0.25, -0.2) is 21.8 Å². The molecule has 0 bridgehead atoms. The summed E-state index contributed by atoms with van der Waals surface area (Å²) < 4.78 is 52.7. The van der Waals surface area contributed by atoms with Gasteiger partial charge in [-0.3, -0.25) is 9.52 Å². The number of benzene rings is 2. The number of pyridine rings is 1. The zero-order chi connectivity index (χ0) is 24.6. The molecule has 7 nitrogen and oxygen atoms in total. The lowest BCUT2D eigenvalue weighted by Gasteiger charge is -2.19. The van der Waals surface area contributed by atoms with Crippen LogP contribution >= 0.6 is 11.6 Å². The van der Waals surface area contributed by atoms with E-state index < -0.39 is 25.6 Å². The molecule has 1 N–H and O–H groups in total. The number of halogens is 1. The Bertz CT molecular complexity index is 1430. The Hall–Kier alpha value is -2.75. The fourth-order valence-corrected chi connectivity index (χ4v) is 5.24. The first-order chi connectivity index (χ1) is 15.2. The maximum absolute atomic E-state index is 13.2. The van der Waals surface area contributed by atoms with E-state index >= 15 is 0 Å². The van der Waals surface area contributed by atoms with Crippen LogP contribution in [0.2, 0.25) is 5.02 Å². The molecule has 0 saturated carbocycles. The molecule has 33 heavy (non-hydrogen) atoms. The van der Waals surface area contributed by atoms with Crippen molar-refractivity contribution in [2.75, 3.05) is 11.0 Å². The molecule has 0 saturated heterocycles. The lowest BCUT2D eigenvalue weighted by Crippen LogP contribution is -2.18. The van der Waals surface area contributed by atoms with Gasteiger partial charge in [0.2, 0.25) is 5.78 Å². The Kier molecular flexibility index (Phi) is 6.70. The average Bonchev–Trinajstić information content (AvgIpc) is 2.72. The summed E-state index contributed by atoms with van der Waals surface area (Å²) >= 11 is 6.01. The van der Waals surface area contributed by atoms with Gasteiger partial charge < -0.3 is 0 Å². The summed E-state index contributed by atoms with van der Waals surface area (Å²) in [5.74, 6) is -0.756. The van der Waals surface area contributed by atoms with Gasteiger partial charge in [-0.15, -0.1) is 0 Å². The van der Waals surface area contributed by atoms with Crippen LogP contribution in [-0.2, 0) is 25.3 Å². The Morgan fingerprint density at radius 3 is 2.15 bits per heavy atom. The van der Waals surface area contributed by atoms with E-state index in [2.05, 4.69) is 9.71 Å². The fraction of sp³-hybridized carbons (Fsp3) is 0.217. The zero-order valence-electron chi connectivity index (χ0n) is 18.5. The molecule has 3 rings (SSSR count). The van der Waals surface area contributed by atoms with E-state index in [0.29, 0.717) is 0 Å². The van der Waals surface area contributed by atoms with Crippen LogP contribution in [0.3, 0.4) is 0 Å². The van der Waals surface area contributed by atoms with Crippen molar-refractivity contribution in [1.29, 1.82) is 0 Å². The molecule has 1 aromatic heterocycles. The van der Waals surface area contributed by atoms with E-state index in [1.165, 1.54) is 48.7 Å². The van der Waals surface area contributed by atoms with Crippen LogP contribution < -0.4 is 4.72 Å². The number of rotatable bonds is 6. The summed E-state index contributed by atoms with van der Waals surface area (Å²) in [4.78, 5) is 17.0. The number of carbonyl (C=O) groups is 1. The lowest BCUT2D eigenvalue weighted by molar-refractivity contribution is 0.103. The van der Waals surface area contributed by atoms with E-state index in [9.17, 15) is 21.6 Å². The second kappa shape index (κ2) is 8.89. The van der Waals surface area contributed by atoms with Crippen LogP contribution in [0.25, 0.3) is 0 Å². The Morgan fingerprint density at radius 1 is 0.970 bits per heavy atom. The number of nitrogens with zero attached hydrogens (tertiary/aromatic N) is 1. The number of sulfone groups is 1. The molecule has 3 aromatic rings. The third kappa shape index (κ3) is 5.61. The lowest BCUT2D eigenvalue weighted by atomic mass is 9.87. The molecular formula is C23H23ClN2O5S2. The number of anilines is 1. The van der Waals surface area contributed by atoms with Crippen LogP contribution in [0.15, 0.2) is 70.6 Å². The van der Waals surface area contributed by atoms with Gasteiger partial charge in [0.1, 0.15) is 5.69 Å². The molecule has 0 radical (unpaired) electrons. The van der Waals surface area contributed by atoms with Crippen molar-refractivity contribution in [3.05, 3.63) is 82.6 Å². The summed E-state index contributed by atoms with van der Waals surface area (Å²) in [6.45, 7) is 6.04. The quantitative estimate of drug-likeness (QED) is 0.494. The Morgan fingerprint density at radius 2 is 1.58 bits per heavy atom. The molecule has 0 atom stereocenters. The first-order valence-corrected chi connectivity index (χ1v) is 13.6. The van der Waals surface area contributed by atoms with Crippen LogP contribution in [0.4, 0.5) is 5.69 Å². The third-order valence-electron chi connectivity index (χ3n) is 4.88. The van der Waals surface area contributed by atoms with Crippen LogP contribution in [-0.4, -0.2) is 33.9 Å². The number of hydrogen-bond donors (Lipinski definition) is 1. The monoisotopic (exact) mass is 506 g/mol. The number of sulfonamides is 1. The number of carbonyl (C=O) groups excluding carboxylic acids is 1. The SMILES string of the molecule is CC(C)(C)c1ccc(S(=O)(=O)Nc2cc(Cl)cnc2C(=O)c2ccccc2S(C)(=O)=O)cc1. The minimum Gasteiger partial charge on any atom is -0.287 e. The highest BCUT2D eigenvalue weighted by Crippen LogP contribution is 2.28. The fourth-order valence-electron chi connectivity index (χ4n) is 3.14. The molecule has 0 spiro atoms. The van der Waals surface area contributed by atoms with Gasteiger partial charge in [-0.05, 0) is 41.3 Å². The third-order valence-corrected chi connectivity index (χ3v) is 7.62. The summed E-state index contributed by atoms with van der Waals surface area (Å²) in [6, 6.07) is 13.3. The van der Waals surface area contributed by atoms with Crippen molar-refractivity contribution >= 4 is 42.9 Å². The van der Waals surface area contributed by atoms with Crippen molar-refractivity contribution in [1.82, 2.24) is 4.98 Å². The highest BCUT2D eigenvalue weighted by molar-refractivity contribution is 7.92. The first kappa shape index (κ1) is 24.9. The number of hydrogen-bond acceptors (Lipinski definition) is 6. The van der Waals surface area contributed by atoms with E-state index in [4.69, 9.17) is 11.6 Å². The van der Waals surface area contributed by atoms with Crippen LogP contribution in [0, 0.1) is 0 Å². The number of nitrogens with one attached hydrogen (secondary N) is 1. The molecule has 2 aromatic carbocycles. The molecule has 0 aliphatic carbocycles. The van der Waals surface area contributed by atoms with Gasteiger partial charge in [0.05, 0.1) is 20.5 Å². The predicted molar refractivity (Wildman–Crippen MR) is 128 cm³/mol. The van der Waals surface area contributed by atoms with Gasteiger partial charge in [-0.1, -0.05) is 56.6 Å². The molecule has 10 heteroatoms. The summed E-state index contributed by atoms with van der Waals surface area (Å²) in [7, 11) is -7.80. The molecule has 1 heterocycles. The molecule has 0 fully saturated rings. The summed E-state index contributed by atoms with van der Waals surface area (Å²) in [5, 5.41) is 0.101. The zero-order valence-corrected chi connectivity index (χ0v) is 20.8. The van der Waals surface area contributed by atoms with Crippen molar-refractivity contribution in [3.8, 4) is 0 Å². The highest BCUT2D eigenvalue weighted by Gasteiger charge is 2.25. The Labute approximate surface area is 198 Å².